The number of nitrogens with zero attached hydrogens (tertiary/aromatic N) is 2. The minimum absolute atomic E-state index is 0.000810. The van der Waals surface area contributed by atoms with E-state index in [9.17, 15) is 27.6 Å². The van der Waals surface area contributed by atoms with Crippen molar-refractivity contribution >= 4 is 44.7 Å². The van der Waals surface area contributed by atoms with Crippen LogP contribution in [0.1, 0.15) is 92.9 Å². The second-order valence-corrected chi connectivity index (χ2v) is 19.2. The van der Waals surface area contributed by atoms with Crippen molar-refractivity contribution in [3.63, 3.8) is 0 Å². The Hall–Kier alpha value is -4.40. The van der Waals surface area contributed by atoms with Crippen LogP contribution in [0.5, 0.6) is 11.5 Å². The molecule has 6 rings (SSSR count). The van der Waals surface area contributed by atoms with Gasteiger partial charge >= 0.3 is 6.09 Å². The minimum atomic E-state index is -3.99. The van der Waals surface area contributed by atoms with Crippen molar-refractivity contribution in [2.75, 3.05) is 13.7 Å². The van der Waals surface area contributed by atoms with Gasteiger partial charge in [0.2, 0.25) is 21.8 Å². The number of sulfonamides is 1. The Morgan fingerprint density at radius 1 is 1.11 bits per heavy atom. The van der Waals surface area contributed by atoms with Crippen molar-refractivity contribution in [3.8, 4) is 11.5 Å². The molecule has 2 aliphatic carbocycles. The fourth-order valence-corrected chi connectivity index (χ4v) is 9.04. The van der Waals surface area contributed by atoms with Crippen LogP contribution in [-0.2, 0) is 29.1 Å². The van der Waals surface area contributed by atoms with Gasteiger partial charge in [-0.1, -0.05) is 32.4 Å². The van der Waals surface area contributed by atoms with Crippen LogP contribution in [0.25, 0.3) is 10.9 Å². The smallest absolute Gasteiger partial charge is 0.408 e. The lowest BCUT2D eigenvalue weighted by Crippen LogP contribution is -2.59. The summed E-state index contributed by atoms with van der Waals surface area (Å²) < 4.78 is 45.0. The van der Waals surface area contributed by atoms with Crippen LogP contribution < -0.4 is 24.8 Å². The van der Waals surface area contributed by atoms with Crippen LogP contribution >= 0.6 is 0 Å². The first kappa shape index (κ1) is 40.3. The number of carbonyl (C=O) groups excluding carboxylic acids is 4. The molecule has 0 spiro atoms. The first-order chi connectivity index (χ1) is 25.9. The molecule has 15 heteroatoms. The predicted molar refractivity (Wildman–Crippen MR) is 206 cm³/mol. The Balaban J connectivity index is 1.35. The number of alkyl carbamates (subject to hydrolysis) is 1. The molecule has 7 atom stereocenters. The molecule has 2 aromatic rings. The molecule has 3 N–H and O–H groups in total. The molecule has 3 heterocycles. The summed E-state index contributed by atoms with van der Waals surface area (Å²) in [6.45, 7) is 10.9. The summed E-state index contributed by atoms with van der Waals surface area (Å²) in [4.78, 5) is 62.5. The number of fused-ring (bicyclic) bond motifs is 3. The van der Waals surface area contributed by atoms with E-state index in [4.69, 9.17) is 14.2 Å². The fourth-order valence-electron chi connectivity index (χ4n) is 7.72. The molecule has 0 bridgehead atoms. The minimum Gasteiger partial charge on any atom is -0.497 e. The zero-order valence-corrected chi connectivity index (χ0v) is 33.7. The molecule has 14 nitrogen and oxygen atoms in total. The highest BCUT2D eigenvalue weighted by atomic mass is 32.2. The van der Waals surface area contributed by atoms with E-state index in [1.54, 1.807) is 41.0 Å². The summed E-state index contributed by atoms with van der Waals surface area (Å²) in [6.07, 6.45) is 7.82. The van der Waals surface area contributed by atoms with Crippen molar-refractivity contribution in [2.24, 2.45) is 17.8 Å². The van der Waals surface area contributed by atoms with Gasteiger partial charge in [0, 0.05) is 17.7 Å². The maximum atomic E-state index is 14.9. The molecule has 3 fully saturated rings. The first-order valence-electron chi connectivity index (χ1n) is 19.3. The maximum absolute atomic E-state index is 14.9. The highest BCUT2D eigenvalue weighted by molar-refractivity contribution is 7.91. The van der Waals surface area contributed by atoms with Crippen molar-refractivity contribution in [1.82, 2.24) is 25.2 Å². The summed E-state index contributed by atoms with van der Waals surface area (Å²) in [5.41, 5.74) is -1.61. The van der Waals surface area contributed by atoms with E-state index >= 15 is 0 Å². The molecule has 2 aliphatic heterocycles. The number of aromatic nitrogens is 1. The average Bonchev–Trinajstić information content (AvgIpc) is 4.00. The summed E-state index contributed by atoms with van der Waals surface area (Å²) >= 11 is 0. The molecular weight excluding hydrogens is 727 g/mol. The molecule has 1 aromatic heterocycles. The monoisotopic (exact) mass is 781 g/mol. The first-order valence-corrected chi connectivity index (χ1v) is 20.8. The standard InChI is InChI=1S/C40H55N5O9S/c1-8-25-17-24(2)11-9-10-12-27-21-40(27,36(48)44-55(50,51)39(6)15-16-39)43-34(46)32-20-30(23-45(32)35(47)33(25)42-37(49)54-38(3,4)5)53-29-19-26-18-28(52-7)13-14-31(26)41-22-29/h10,12-14,18-19,22,24-25,27,30,32-33H,8-9,11,15-17,20-21,23H2,1-7H3,(H,42,49)(H,43,46)(H,44,48)/b12-10-/t24-,25-,27?,30-,32+,33+,40-/m1/s1. The molecule has 0 radical (unpaired) electrons. The molecule has 55 heavy (non-hydrogen) atoms. The average molecular weight is 782 g/mol. The normalized spacial score (nSPS) is 30.1. The van der Waals surface area contributed by atoms with Crippen molar-refractivity contribution in [3.05, 3.63) is 42.6 Å². The number of hydrogen-bond donors (Lipinski definition) is 3. The Morgan fingerprint density at radius 2 is 1.84 bits per heavy atom. The quantitative estimate of drug-likeness (QED) is 0.316. The number of methoxy groups -OCH3 is 1. The number of ether oxygens (including phenoxy) is 3. The highest BCUT2D eigenvalue weighted by Crippen LogP contribution is 2.47. The molecule has 4 amide bonds. The Bertz CT molecular complexity index is 1960. The molecular formula is C40H55N5O9S. The van der Waals surface area contributed by atoms with E-state index in [-0.39, 0.29) is 31.2 Å². The number of pyridine rings is 1. The summed E-state index contributed by atoms with van der Waals surface area (Å²) in [6, 6.07) is 5.15. The fraction of sp³-hybridized carbons (Fsp3) is 0.625. The van der Waals surface area contributed by atoms with E-state index in [1.807, 2.05) is 43.3 Å². The van der Waals surface area contributed by atoms with E-state index < -0.39 is 73.8 Å². The van der Waals surface area contributed by atoms with E-state index in [0.29, 0.717) is 43.6 Å². The van der Waals surface area contributed by atoms with E-state index in [2.05, 4.69) is 27.3 Å². The summed E-state index contributed by atoms with van der Waals surface area (Å²) in [5, 5.41) is 6.54. The lowest BCUT2D eigenvalue weighted by molar-refractivity contribution is -0.142. The molecule has 2 saturated carbocycles. The van der Waals surface area contributed by atoms with Gasteiger partial charge in [0.25, 0.3) is 5.91 Å². The van der Waals surface area contributed by atoms with Gasteiger partial charge in [0.05, 0.1) is 30.1 Å². The maximum Gasteiger partial charge on any atom is 0.408 e. The largest absolute Gasteiger partial charge is 0.497 e. The third-order valence-electron chi connectivity index (χ3n) is 11.4. The molecule has 1 aromatic carbocycles. The molecule has 300 valence electrons. The van der Waals surface area contributed by atoms with Gasteiger partial charge in [0.1, 0.15) is 40.8 Å². The van der Waals surface area contributed by atoms with Crippen LogP contribution in [0.15, 0.2) is 42.6 Å². The zero-order valence-electron chi connectivity index (χ0n) is 32.8. The van der Waals surface area contributed by atoms with Gasteiger partial charge in [-0.15, -0.1) is 0 Å². The van der Waals surface area contributed by atoms with Crippen LogP contribution in [0.3, 0.4) is 0 Å². The Kier molecular flexibility index (Phi) is 11.2. The second-order valence-electron chi connectivity index (χ2n) is 17.0. The number of carbonyl (C=O) groups is 4. The number of hydrogen-bond acceptors (Lipinski definition) is 10. The number of benzene rings is 1. The summed E-state index contributed by atoms with van der Waals surface area (Å²) in [5.74, 6) is -1.38. The van der Waals surface area contributed by atoms with Crippen molar-refractivity contribution in [2.45, 2.75) is 127 Å². The Morgan fingerprint density at radius 3 is 2.51 bits per heavy atom. The van der Waals surface area contributed by atoms with Gasteiger partial charge in [0.15, 0.2) is 0 Å². The third-order valence-corrected chi connectivity index (χ3v) is 13.6. The van der Waals surface area contributed by atoms with Crippen LogP contribution in [0, 0.1) is 17.8 Å². The topological polar surface area (TPSA) is 182 Å². The van der Waals surface area contributed by atoms with Gasteiger partial charge in [-0.2, -0.15) is 0 Å². The molecule has 4 aliphatic rings. The number of rotatable bonds is 8. The molecule has 1 unspecified atom stereocenters. The van der Waals surface area contributed by atoms with Crippen molar-refractivity contribution < 1.29 is 41.8 Å². The number of amides is 4. The SMILES string of the molecule is CC[C@@H]1C[C@H](C)CC/C=C\C2C[C@@]2(C(=O)NS(=O)(=O)C2(C)CC2)NC(=O)[C@@H]2C[C@@H](Oc3cnc4ccc(OC)cc4c3)CN2C(=O)[C@H]1NC(=O)OC(C)(C)C. The highest BCUT2D eigenvalue weighted by Gasteiger charge is 2.63. The lowest BCUT2D eigenvalue weighted by atomic mass is 9.85. The molecule has 1 saturated heterocycles. The third kappa shape index (κ3) is 8.86. The number of allylic oxidation sites excluding steroid dienone is 1. The van der Waals surface area contributed by atoms with Gasteiger partial charge < -0.3 is 29.7 Å². The Labute approximate surface area is 323 Å². The van der Waals surface area contributed by atoms with Crippen LogP contribution in [0.2, 0.25) is 0 Å². The van der Waals surface area contributed by atoms with E-state index in [1.165, 1.54) is 4.90 Å². The van der Waals surface area contributed by atoms with Crippen molar-refractivity contribution in [1.29, 1.82) is 0 Å². The summed E-state index contributed by atoms with van der Waals surface area (Å²) in [7, 11) is -2.42. The second kappa shape index (κ2) is 15.3. The van der Waals surface area contributed by atoms with Gasteiger partial charge in [-0.3, -0.25) is 24.1 Å². The number of nitrogens with one attached hydrogen (secondary N) is 3. The van der Waals surface area contributed by atoms with Gasteiger partial charge in [-0.05, 0) is 102 Å². The van der Waals surface area contributed by atoms with Crippen LogP contribution in [-0.4, -0.2) is 89.8 Å². The zero-order chi connectivity index (χ0) is 39.9. The van der Waals surface area contributed by atoms with E-state index in [0.717, 1.165) is 17.3 Å². The predicted octanol–water partition coefficient (Wildman–Crippen LogP) is 4.76. The van der Waals surface area contributed by atoms with Gasteiger partial charge in [-0.25, -0.2) is 13.2 Å². The lowest BCUT2D eigenvalue weighted by Gasteiger charge is -2.34. The van der Waals surface area contributed by atoms with Crippen LogP contribution in [0.4, 0.5) is 4.79 Å².